The van der Waals surface area contributed by atoms with E-state index in [0.717, 1.165) is 58.1 Å². The van der Waals surface area contributed by atoms with Crippen LogP contribution in [-0.4, -0.2) is 60.5 Å². The van der Waals surface area contributed by atoms with Crippen molar-refractivity contribution in [1.29, 1.82) is 0 Å². The van der Waals surface area contributed by atoms with E-state index in [0.29, 0.717) is 12.1 Å². The predicted molar refractivity (Wildman–Crippen MR) is 109 cm³/mol. The van der Waals surface area contributed by atoms with Crippen molar-refractivity contribution in [3.05, 3.63) is 40.9 Å². The van der Waals surface area contributed by atoms with E-state index in [1.54, 1.807) is 0 Å². The lowest BCUT2D eigenvalue weighted by molar-refractivity contribution is -0.906. The molecule has 2 aromatic heterocycles. The van der Waals surface area contributed by atoms with Crippen LogP contribution >= 0.6 is 23.1 Å². The number of amides is 1. The zero-order chi connectivity index (χ0) is 19.3. The standard InChI is InChI=1S/C19H21N5O2S2/c1-13-22-23-19(27-13)28-17-12-15(14-4-2-3-5-16(14)21-17)18(25)20-6-7-24-8-10-26-11-9-24/h2-5,12H,6-11H2,1H3,(H,20,25)/p+1. The second-order valence-electron chi connectivity index (χ2n) is 6.58. The van der Waals surface area contributed by atoms with Crippen LogP contribution in [0.4, 0.5) is 0 Å². The Labute approximate surface area is 171 Å². The molecular formula is C19H22N5O2S2+. The maximum Gasteiger partial charge on any atom is 0.252 e. The molecule has 0 radical (unpaired) electrons. The first kappa shape index (κ1) is 19.3. The molecule has 146 valence electrons. The number of rotatable bonds is 6. The van der Waals surface area contributed by atoms with Crippen molar-refractivity contribution >= 4 is 39.9 Å². The third kappa shape index (κ3) is 4.67. The van der Waals surface area contributed by atoms with Crippen molar-refractivity contribution in [3.8, 4) is 0 Å². The average Bonchev–Trinajstić information content (AvgIpc) is 3.12. The van der Waals surface area contributed by atoms with Crippen LogP contribution in [0, 0.1) is 6.92 Å². The van der Waals surface area contributed by atoms with Gasteiger partial charge in [0.15, 0.2) is 4.34 Å². The average molecular weight is 417 g/mol. The number of quaternary nitrogens is 1. The summed E-state index contributed by atoms with van der Waals surface area (Å²) >= 11 is 2.96. The van der Waals surface area contributed by atoms with E-state index in [2.05, 4.69) is 20.5 Å². The number of aromatic nitrogens is 3. The number of carbonyl (C=O) groups excluding carboxylic acids is 1. The summed E-state index contributed by atoms with van der Waals surface area (Å²) in [4.78, 5) is 19.0. The fourth-order valence-electron chi connectivity index (χ4n) is 3.16. The van der Waals surface area contributed by atoms with Crippen molar-refractivity contribution < 1.29 is 14.4 Å². The molecule has 1 fully saturated rings. The van der Waals surface area contributed by atoms with Crippen molar-refractivity contribution in [3.63, 3.8) is 0 Å². The number of hydrogen-bond donors (Lipinski definition) is 2. The molecule has 7 nitrogen and oxygen atoms in total. The van der Waals surface area contributed by atoms with Crippen LogP contribution in [0.2, 0.25) is 0 Å². The van der Waals surface area contributed by atoms with Crippen LogP contribution < -0.4 is 10.2 Å². The zero-order valence-electron chi connectivity index (χ0n) is 15.6. The SMILES string of the molecule is Cc1nnc(Sc2cc(C(=O)NCC[NH+]3CCOCC3)c3ccccc3n2)s1. The summed E-state index contributed by atoms with van der Waals surface area (Å²) in [5.74, 6) is -0.0680. The molecule has 0 aliphatic carbocycles. The molecule has 0 atom stereocenters. The van der Waals surface area contributed by atoms with Gasteiger partial charge in [-0.2, -0.15) is 0 Å². The molecule has 1 aliphatic rings. The minimum atomic E-state index is -0.0680. The van der Waals surface area contributed by atoms with Gasteiger partial charge in [-0.3, -0.25) is 4.79 Å². The highest BCUT2D eigenvalue weighted by molar-refractivity contribution is 8.01. The van der Waals surface area contributed by atoms with Gasteiger partial charge < -0.3 is 15.0 Å². The Kier molecular flexibility index (Phi) is 6.16. The number of hydrogen-bond acceptors (Lipinski definition) is 7. The maximum absolute atomic E-state index is 12.9. The highest BCUT2D eigenvalue weighted by Gasteiger charge is 2.17. The first-order valence-electron chi connectivity index (χ1n) is 9.26. The Bertz CT molecular complexity index is 972. The normalized spacial score (nSPS) is 15.0. The molecule has 0 spiro atoms. The lowest BCUT2D eigenvalue weighted by Gasteiger charge is -2.23. The van der Waals surface area contributed by atoms with Crippen LogP contribution in [0.25, 0.3) is 10.9 Å². The smallest absolute Gasteiger partial charge is 0.252 e. The lowest BCUT2D eigenvalue weighted by atomic mass is 10.1. The van der Waals surface area contributed by atoms with Gasteiger partial charge in [0.25, 0.3) is 5.91 Å². The molecule has 28 heavy (non-hydrogen) atoms. The van der Waals surface area contributed by atoms with Crippen LogP contribution in [0.15, 0.2) is 39.7 Å². The number of nitrogens with one attached hydrogen (secondary N) is 2. The third-order valence-corrected chi connectivity index (χ3v) is 6.41. The van der Waals surface area contributed by atoms with Crippen molar-refractivity contribution in [2.45, 2.75) is 16.3 Å². The molecule has 9 heteroatoms. The van der Waals surface area contributed by atoms with Gasteiger partial charge in [0.1, 0.15) is 23.1 Å². The summed E-state index contributed by atoms with van der Waals surface area (Å²) < 4.78 is 6.20. The molecule has 0 saturated carbocycles. The van der Waals surface area contributed by atoms with Gasteiger partial charge in [-0.05, 0) is 30.8 Å². The second kappa shape index (κ2) is 8.95. The monoisotopic (exact) mass is 416 g/mol. The molecule has 1 amide bonds. The first-order chi connectivity index (χ1) is 13.7. The summed E-state index contributed by atoms with van der Waals surface area (Å²) in [5, 5.41) is 13.8. The van der Waals surface area contributed by atoms with Crippen molar-refractivity contribution in [1.82, 2.24) is 20.5 Å². The fraction of sp³-hybridized carbons (Fsp3) is 0.368. The molecule has 1 aromatic carbocycles. The van der Waals surface area contributed by atoms with Gasteiger partial charge >= 0.3 is 0 Å². The van der Waals surface area contributed by atoms with E-state index in [-0.39, 0.29) is 5.91 Å². The Morgan fingerprint density at radius 1 is 1.29 bits per heavy atom. The van der Waals surface area contributed by atoms with Crippen LogP contribution in [0.1, 0.15) is 15.4 Å². The van der Waals surface area contributed by atoms with Crippen molar-refractivity contribution in [2.75, 3.05) is 39.4 Å². The summed E-state index contributed by atoms with van der Waals surface area (Å²) in [6.45, 7) is 7.05. The second-order valence-corrected chi connectivity index (χ2v) is 9.03. The molecule has 4 rings (SSSR count). The van der Waals surface area contributed by atoms with Crippen molar-refractivity contribution in [2.24, 2.45) is 0 Å². The van der Waals surface area contributed by atoms with E-state index in [4.69, 9.17) is 4.74 Å². The van der Waals surface area contributed by atoms with Gasteiger partial charge in [-0.15, -0.1) is 10.2 Å². The number of ether oxygens (including phenoxy) is 1. The summed E-state index contributed by atoms with van der Waals surface area (Å²) in [6, 6.07) is 9.58. The van der Waals surface area contributed by atoms with Crippen LogP contribution in [-0.2, 0) is 4.74 Å². The van der Waals surface area contributed by atoms with E-state index >= 15 is 0 Å². The lowest BCUT2D eigenvalue weighted by Crippen LogP contribution is -3.14. The number of pyridine rings is 1. The van der Waals surface area contributed by atoms with E-state index in [1.807, 2.05) is 37.3 Å². The summed E-state index contributed by atoms with van der Waals surface area (Å²) in [6.07, 6.45) is 0. The zero-order valence-corrected chi connectivity index (χ0v) is 17.2. The number of carbonyl (C=O) groups is 1. The van der Waals surface area contributed by atoms with Crippen LogP contribution in [0.3, 0.4) is 0 Å². The molecule has 0 bridgehead atoms. The largest absolute Gasteiger partial charge is 0.370 e. The van der Waals surface area contributed by atoms with Gasteiger partial charge in [0.2, 0.25) is 0 Å². The molecule has 0 unspecified atom stereocenters. The molecule has 2 N–H and O–H groups in total. The van der Waals surface area contributed by atoms with E-state index in [9.17, 15) is 4.79 Å². The summed E-state index contributed by atoms with van der Waals surface area (Å²) in [7, 11) is 0. The molecule has 3 aromatic rings. The van der Waals surface area contributed by atoms with Gasteiger partial charge in [0, 0.05) is 5.39 Å². The molecule has 1 saturated heterocycles. The minimum absolute atomic E-state index is 0.0680. The molecule has 1 aliphatic heterocycles. The van der Waals surface area contributed by atoms with Gasteiger partial charge in [-0.25, -0.2) is 4.98 Å². The topological polar surface area (TPSA) is 81.4 Å². The number of para-hydroxylation sites is 1. The van der Waals surface area contributed by atoms with Gasteiger partial charge in [0.05, 0.1) is 37.4 Å². The van der Waals surface area contributed by atoms with E-state index in [1.165, 1.54) is 28.0 Å². The van der Waals surface area contributed by atoms with Crippen LogP contribution in [0.5, 0.6) is 0 Å². The highest BCUT2D eigenvalue weighted by Crippen LogP contribution is 2.31. The highest BCUT2D eigenvalue weighted by atomic mass is 32.2. The quantitative estimate of drug-likeness (QED) is 0.628. The molecule has 3 heterocycles. The third-order valence-electron chi connectivity index (χ3n) is 4.60. The fourth-order valence-corrected chi connectivity index (χ4v) is 4.94. The number of fused-ring (bicyclic) bond motifs is 1. The number of benzene rings is 1. The minimum Gasteiger partial charge on any atom is -0.370 e. The number of nitrogens with zero attached hydrogens (tertiary/aromatic N) is 3. The Morgan fingerprint density at radius 2 is 2.11 bits per heavy atom. The maximum atomic E-state index is 12.9. The Morgan fingerprint density at radius 3 is 2.89 bits per heavy atom. The van der Waals surface area contributed by atoms with E-state index < -0.39 is 0 Å². The first-order valence-corrected chi connectivity index (χ1v) is 10.9. The Balaban J connectivity index is 1.51. The predicted octanol–water partition coefficient (Wildman–Crippen LogP) is 1.19. The Hall–Kier alpha value is -2.07. The summed E-state index contributed by atoms with van der Waals surface area (Å²) in [5.41, 5.74) is 1.45. The van der Waals surface area contributed by atoms with Gasteiger partial charge in [-0.1, -0.05) is 29.5 Å². The molecular weight excluding hydrogens is 394 g/mol. The number of aryl methyl sites for hydroxylation is 1. The number of morpholine rings is 1.